The Morgan fingerprint density at radius 3 is 2.33 bits per heavy atom. The lowest BCUT2D eigenvalue weighted by atomic mass is 9.93. The highest BCUT2D eigenvalue weighted by atomic mass is 16.5. The summed E-state index contributed by atoms with van der Waals surface area (Å²) in [6, 6.07) is 15.4. The van der Waals surface area contributed by atoms with Gasteiger partial charge in [-0.2, -0.15) is 5.10 Å². The summed E-state index contributed by atoms with van der Waals surface area (Å²) in [6.45, 7) is 5.98. The van der Waals surface area contributed by atoms with Crippen molar-refractivity contribution >= 4 is 40.3 Å². The molecular weight excluding hydrogens is 498 g/mol. The summed E-state index contributed by atoms with van der Waals surface area (Å²) in [5.74, 6) is 1.09. The normalized spacial score (nSPS) is 11.4. The summed E-state index contributed by atoms with van der Waals surface area (Å²) < 4.78 is 6.96. The first kappa shape index (κ1) is 25.4. The second kappa shape index (κ2) is 9.89. The van der Waals surface area contributed by atoms with Gasteiger partial charge in [-0.1, -0.05) is 38.1 Å². The standard InChI is InChI=1S/C27H27N9O3/c1-27(2,3)19-13-20(35-39-19)33-26(38)32-17-9-11-18(12-10-17)36-24-21(23(28)30-14-31-24)22(34-36)15-5-7-16(8-6-15)25(37)29-4/h5-14H,1-4H3,(H,29,37)(H2,28,30,31)(H2,32,33,35,38). The van der Waals surface area contributed by atoms with Gasteiger partial charge in [-0.25, -0.2) is 19.4 Å². The zero-order valence-electron chi connectivity index (χ0n) is 21.8. The molecule has 2 aromatic carbocycles. The van der Waals surface area contributed by atoms with Crippen molar-refractivity contribution in [2.75, 3.05) is 23.4 Å². The second-order valence-corrected chi connectivity index (χ2v) is 9.83. The summed E-state index contributed by atoms with van der Waals surface area (Å²) >= 11 is 0. The van der Waals surface area contributed by atoms with Crippen LogP contribution >= 0.6 is 0 Å². The molecule has 5 N–H and O–H groups in total. The van der Waals surface area contributed by atoms with E-state index in [2.05, 4.69) is 31.1 Å². The Kier molecular flexibility index (Phi) is 6.44. The zero-order chi connectivity index (χ0) is 27.7. The molecule has 3 amide bonds. The largest absolute Gasteiger partial charge is 0.383 e. The Labute approximate surface area is 223 Å². The number of amides is 3. The van der Waals surface area contributed by atoms with E-state index in [0.29, 0.717) is 45.2 Å². The monoisotopic (exact) mass is 525 g/mol. The smallest absolute Gasteiger partial charge is 0.324 e. The maximum Gasteiger partial charge on any atom is 0.324 e. The first-order valence-electron chi connectivity index (χ1n) is 12.1. The van der Waals surface area contributed by atoms with Crippen LogP contribution < -0.4 is 21.7 Å². The van der Waals surface area contributed by atoms with Gasteiger partial charge in [0.1, 0.15) is 23.6 Å². The van der Waals surface area contributed by atoms with Crippen LogP contribution in [0.1, 0.15) is 36.9 Å². The molecule has 39 heavy (non-hydrogen) atoms. The van der Waals surface area contributed by atoms with Gasteiger partial charge in [-0.3, -0.25) is 10.1 Å². The van der Waals surface area contributed by atoms with Crippen LogP contribution in [0.25, 0.3) is 28.0 Å². The number of hydrogen-bond acceptors (Lipinski definition) is 8. The Hall–Kier alpha value is -5.26. The number of hydrogen-bond donors (Lipinski definition) is 4. The number of fused-ring (bicyclic) bond motifs is 1. The SMILES string of the molecule is CNC(=O)c1ccc(-c2nn(-c3ccc(NC(=O)Nc4cc(C(C)(C)C)on4)cc3)c3ncnc(N)c23)cc1. The third-order valence-corrected chi connectivity index (χ3v) is 6.00. The van der Waals surface area contributed by atoms with E-state index < -0.39 is 6.03 Å². The number of rotatable bonds is 5. The molecule has 12 nitrogen and oxygen atoms in total. The molecule has 0 saturated carbocycles. The van der Waals surface area contributed by atoms with Crippen LogP contribution in [0, 0.1) is 0 Å². The average Bonchev–Trinajstić information content (AvgIpc) is 3.55. The second-order valence-electron chi connectivity index (χ2n) is 9.83. The van der Waals surface area contributed by atoms with Crippen molar-refractivity contribution < 1.29 is 14.1 Å². The minimum Gasteiger partial charge on any atom is -0.383 e. The maximum atomic E-state index is 12.5. The highest BCUT2D eigenvalue weighted by molar-refractivity contribution is 6.01. The Bertz CT molecular complexity index is 1660. The predicted octanol–water partition coefficient (Wildman–Crippen LogP) is 4.35. The van der Waals surface area contributed by atoms with Crippen molar-refractivity contribution in [1.29, 1.82) is 0 Å². The summed E-state index contributed by atoms with van der Waals surface area (Å²) in [7, 11) is 1.58. The fourth-order valence-electron chi connectivity index (χ4n) is 3.93. The van der Waals surface area contributed by atoms with Crippen LogP contribution in [-0.2, 0) is 5.41 Å². The Morgan fingerprint density at radius 2 is 1.69 bits per heavy atom. The Balaban J connectivity index is 1.39. The Morgan fingerprint density at radius 1 is 0.974 bits per heavy atom. The molecule has 3 heterocycles. The highest BCUT2D eigenvalue weighted by Crippen LogP contribution is 2.32. The summed E-state index contributed by atoms with van der Waals surface area (Å²) in [4.78, 5) is 33.0. The van der Waals surface area contributed by atoms with Crippen molar-refractivity contribution in [3.63, 3.8) is 0 Å². The third-order valence-electron chi connectivity index (χ3n) is 6.00. The van der Waals surface area contributed by atoms with Gasteiger partial charge < -0.3 is 20.9 Å². The number of carbonyl (C=O) groups excluding carboxylic acids is 2. The van der Waals surface area contributed by atoms with Crippen LogP contribution in [-0.4, -0.2) is 43.9 Å². The molecule has 3 aromatic heterocycles. The number of aromatic nitrogens is 5. The molecule has 0 atom stereocenters. The highest BCUT2D eigenvalue weighted by Gasteiger charge is 2.21. The lowest BCUT2D eigenvalue weighted by Crippen LogP contribution is -2.19. The van der Waals surface area contributed by atoms with Crippen LogP contribution in [0.5, 0.6) is 0 Å². The van der Waals surface area contributed by atoms with Crippen LogP contribution in [0.3, 0.4) is 0 Å². The number of nitrogens with one attached hydrogen (secondary N) is 3. The van der Waals surface area contributed by atoms with E-state index in [1.165, 1.54) is 6.33 Å². The number of carbonyl (C=O) groups is 2. The molecular formula is C27H27N9O3. The summed E-state index contributed by atoms with van der Waals surface area (Å²) in [5.41, 5.74) is 9.64. The van der Waals surface area contributed by atoms with E-state index in [1.54, 1.807) is 66.3 Å². The van der Waals surface area contributed by atoms with Crippen molar-refractivity contribution in [1.82, 2.24) is 30.2 Å². The van der Waals surface area contributed by atoms with E-state index in [4.69, 9.17) is 15.4 Å². The molecule has 0 fully saturated rings. The van der Waals surface area contributed by atoms with Gasteiger partial charge in [0.15, 0.2) is 11.5 Å². The molecule has 0 spiro atoms. The maximum absolute atomic E-state index is 12.5. The molecule has 0 radical (unpaired) electrons. The molecule has 198 valence electrons. The average molecular weight is 526 g/mol. The van der Waals surface area contributed by atoms with E-state index in [1.807, 2.05) is 20.8 Å². The molecule has 0 saturated heterocycles. The van der Waals surface area contributed by atoms with Gasteiger partial charge in [0.2, 0.25) is 0 Å². The molecule has 0 aliphatic heterocycles. The van der Waals surface area contributed by atoms with E-state index in [-0.39, 0.29) is 17.1 Å². The predicted molar refractivity (Wildman–Crippen MR) is 148 cm³/mol. The third kappa shape index (κ3) is 5.12. The van der Waals surface area contributed by atoms with Crippen LogP contribution in [0.15, 0.2) is 65.4 Å². The van der Waals surface area contributed by atoms with Crippen LogP contribution in [0.4, 0.5) is 22.1 Å². The topological polar surface area (TPSA) is 166 Å². The van der Waals surface area contributed by atoms with Gasteiger partial charge in [0.25, 0.3) is 5.91 Å². The van der Waals surface area contributed by atoms with E-state index >= 15 is 0 Å². The fourth-order valence-corrected chi connectivity index (χ4v) is 3.93. The number of nitrogens with two attached hydrogens (primary N) is 1. The molecule has 0 aliphatic carbocycles. The summed E-state index contributed by atoms with van der Waals surface area (Å²) in [6.07, 6.45) is 1.38. The van der Waals surface area contributed by atoms with Gasteiger partial charge in [0, 0.05) is 35.3 Å². The van der Waals surface area contributed by atoms with Gasteiger partial charge in [-0.15, -0.1) is 0 Å². The van der Waals surface area contributed by atoms with Crippen molar-refractivity contribution in [3.05, 3.63) is 72.2 Å². The fraction of sp³-hybridized carbons (Fsp3) is 0.185. The minimum absolute atomic E-state index is 0.183. The quantitative estimate of drug-likeness (QED) is 0.263. The minimum atomic E-state index is -0.455. The van der Waals surface area contributed by atoms with Gasteiger partial charge in [-0.05, 0) is 36.4 Å². The van der Waals surface area contributed by atoms with Crippen molar-refractivity contribution in [3.8, 4) is 16.9 Å². The van der Waals surface area contributed by atoms with Gasteiger partial charge >= 0.3 is 6.03 Å². The first-order chi connectivity index (χ1) is 18.6. The number of anilines is 3. The number of urea groups is 1. The molecule has 12 heteroatoms. The number of nitrogens with zero attached hydrogens (tertiary/aromatic N) is 5. The van der Waals surface area contributed by atoms with E-state index in [0.717, 1.165) is 5.56 Å². The number of benzene rings is 2. The lowest BCUT2D eigenvalue weighted by molar-refractivity contribution is 0.0963. The van der Waals surface area contributed by atoms with Gasteiger partial charge in [0.05, 0.1) is 11.1 Å². The van der Waals surface area contributed by atoms with Crippen molar-refractivity contribution in [2.45, 2.75) is 26.2 Å². The molecule has 5 rings (SSSR count). The van der Waals surface area contributed by atoms with Crippen LogP contribution in [0.2, 0.25) is 0 Å². The molecule has 0 aliphatic rings. The molecule has 0 unspecified atom stereocenters. The zero-order valence-corrected chi connectivity index (χ0v) is 21.8. The molecule has 0 bridgehead atoms. The van der Waals surface area contributed by atoms with E-state index in [9.17, 15) is 9.59 Å². The first-order valence-corrected chi connectivity index (χ1v) is 12.1. The number of nitrogen functional groups attached to an aromatic ring is 1. The lowest BCUT2D eigenvalue weighted by Gasteiger charge is -2.12. The van der Waals surface area contributed by atoms with Crippen molar-refractivity contribution in [2.24, 2.45) is 0 Å². The summed E-state index contributed by atoms with van der Waals surface area (Å²) in [5, 5.41) is 17.3. The molecule has 5 aromatic rings.